The third-order valence-corrected chi connectivity index (χ3v) is 4.18. The summed E-state index contributed by atoms with van der Waals surface area (Å²) in [4.78, 5) is 22.6. The molecule has 0 bridgehead atoms. The van der Waals surface area contributed by atoms with Crippen LogP contribution in [-0.4, -0.2) is 32.6 Å². The molecule has 2 aromatic carbocycles. The smallest absolute Gasteiger partial charge is 0.340 e. The molecule has 0 amide bonds. The summed E-state index contributed by atoms with van der Waals surface area (Å²) < 4.78 is 5.18. The summed E-state index contributed by atoms with van der Waals surface area (Å²) in [7, 11) is 0. The molecule has 27 heavy (non-hydrogen) atoms. The molecule has 2 aromatic heterocycles. The molecule has 4 rings (SSSR count). The van der Waals surface area contributed by atoms with Crippen molar-refractivity contribution in [2.24, 2.45) is 0 Å². The fraction of sp³-hybridized carbons (Fsp3) is 0.0500. The number of carbonyl (C=O) groups is 1. The molecule has 4 aromatic rings. The number of nitrogens with zero attached hydrogens (tertiary/aromatic N) is 2. The van der Waals surface area contributed by atoms with E-state index in [4.69, 9.17) is 4.74 Å². The maximum atomic E-state index is 12.3. The largest absolute Gasteiger partial charge is 0.507 e. The molecule has 0 aliphatic rings. The van der Waals surface area contributed by atoms with Gasteiger partial charge in [-0.2, -0.15) is 5.26 Å². The zero-order valence-corrected chi connectivity index (χ0v) is 14.1. The van der Waals surface area contributed by atoms with E-state index >= 15 is 0 Å². The fourth-order valence-electron chi connectivity index (χ4n) is 2.85. The monoisotopic (exact) mass is 358 g/mol. The Morgan fingerprint density at radius 3 is 2.67 bits per heavy atom. The second-order valence-corrected chi connectivity index (χ2v) is 5.86. The quantitative estimate of drug-likeness (QED) is 0.292. The Bertz CT molecular complexity index is 1190. The summed E-state index contributed by atoms with van der Waals surface area (Å²) in [5.74, 6) is -0.745. The minimum atomic E-state index is -0.596. The highest BCUT2D eigenvalue weighted by Crippen LogP contribution is 2.21. The number of hydrogen-bond donors (Lipinski definition) is 3. The lowest BCUT2D eigenvalue weighted by Crippen LogP contribution is -2.09. The normalized spacial score (nSPS) is 12.0. The molecule has 0 radical (unpaired) electrons. The first-order chi connectivity index (χ1) is 13.2. The molecule has 7 nitrogen and oxygen atoms in total. The van der Waals surface area contributed by atoms with Crippen molar-refractivity contribution < 1.29 is 14.6 Å². The number of allylic oxidation sites excluding steroid dienone is 1. The molecule has 0 saturated carbocycles. The Morgan fingerprint density at radius 1 is 1.15 bits per heavy atom. The first-order valence-electron chi connectivity index (χ1n) is 8.18. The number of aromatic amines is 2. The zero-order valence-electron chi connectivity index (χ0n) is 14.1. The molecule has 7 heteroatoms. The van der Waals surface area contributed by atoms with E-state index in [9.17, 15) is 15.2 Å². The van der Waals surface area contributed by atoms with Crippen LogP contribution in [0.2, 0.25) is 0 Å². The van der Waals surface area contributed by atoms with Crippen LogP contribution in [0.15, 0.2) is 60.5 Å². The summed E-state index contributed by atoms with van der Waals surface area (Å²) in [6.07, 6.45) is 1.55. The number of hydrogen-bond acceptors (Lipinski definition) is 5. The lowest BCUT2D eigenvalue weighted by molar-refractivity contribution is 0.0505. The van der Waals surface area contributed by atoms with Gasteiger partial charge in [-0.05, 0) is 18.2 Å². The highest BCUT2D eigenvalue weighted by atomic mass is 16.5. The molecular formula is C20H14N4O3. The van der Waals surface area contributed by atoms with Crippen LogP contribution in [0.3, 0.4) is 0 Å². The number of aliphatic hydroxyl groups is 1. The van der Waals surface area contributed by atoms with Crippen LogP contribution in [0.1, 0.15) is 16.2 Å². The molecule has 0 aliphatic carbocycles. The van der Waals surface area contributed by atoms with Crippen molar-refractivity contribution in [1.82, 2.24) is 15.0 Å². The van der Waals surface area contributed by atoms with Gasteiger partial charge in [0.05, 0.1) is 16.6 Å². The minimum absolute atomic E-state index is 0.0714. The molecule has 2 heterocycles. The minimum Gasteiger partial charge on any atom is -0.507 e. The van der Waals surface area contributed by atoms with Gasteiger partial charge in [0, 0.05) is 17.1 Å². The molecular weight excluding hydrogens is 344 g/mol. The summed E-state index contributed by atoms with van der Waals surface area (Å²) in [5, 5.41) is 20.4. The number of nitriles is 1. The lowest BCUT2D eigenvalue weighted by atomic mass is 10.2. The molecule has 0 saturated heterocycles. The number of rotatable bonds is 4. The standard InChI is InChI=1S/C20H14N4O3/c21-9-13(19-23-16-7-3-4-8-17(16)24-19)18(25)11-27-20(26)14-10-22-15-6-2-1-5-12(14)15/h1-8,10,22,25H,11H2,(H,23,24)/b18-13-. The van der Waals surface area contributed by atoms with E-state index in [1.807, 2.05) is 42.5 Å². The van der Waals surface area contributed by atoms with Gasteiger partial charge in [0.15, 0.2) is 11.6 Å². The van der Waals surface area contributed by atoms with Crippen molar-refractivity contribution in [2.45, 2.75) is 0 Å². The predicted molar refractivity (Wildman–Crippen MR) is 99.8 cm³/mol. The molecule has 0 fully saturated rings. The van der Waals surface area contributed by atoms with E-state index in [2.05, 4.69) is 15.0 Å². The Kier molecular flexibility index (Phi) is 4.07. The number of benzene rings is 2. The molecule has 0 unspecified atom stereocenters. The Morgan fingerprint density at radius 2 is 1.89 bits per heavy atom. The van der Waals surface area contributed by atoms with Gasteiger partial charge < -0.3 is 19.8 Å². The average Bonchev–Trinajstić information content (AvgIpc) is 3.30. The number of H-pyrrole nitrogens is 2. The number of aliphatic hydroxyl groups excluding tert-OH is 1. The third-order valence-electron chi connectivity index (χ3n) is 4.18. The van der Waals surface area contributed by atoms with E-state index in [0.717, 1.165) is 16.4 Å². The lowest BCUT2D eigenvalue weighted by Gasteiger charge is -2.05. The van der Waals surface area contributed by atoms with Crippen LogP contribution in [0.25, 0.3) is 27.5 Å². The van der Waals surface area contributed by atoms with Crippen molar-refractivity contribution in [3.05, 3.63) is 71.9 Å². The van der Waals surface area contributed by atoms with E-state index in [1.54, 1.807) is 18.3 Å². The summed E-state index contributed by atoms with van der Waals surface area (Å²) in [6.45, 7) is -0.432. The maximum Gasteiger partial charge on any atom is 0.340 e. The Balaban J connectivity index is 1.57. The van der Waals surface area contributed by atoms with Gasteiger partial charge in [-0.25, -0.2) is 9.78 Å². The summed E-state index contributed by atoms with van der Waals surface area (Å²) >= 11 is 0. The predicted octanol–water partition coefficient (Wildman–Crippen LogP) is 3.69. The van der Waals surface area contributed by atoms with Crippen LogP contribution in [0.5, 0.6) is 0 Å². The van der Waals surface area contributed by atoms with Crippen LogP contribution < -0.4 is 0 Å². The van der Waals surface area contributed by atoms with E-state index in [-0.39, 0.29) is 17.2 Å². The highest BCUT2D eigenvalue weighted by Gasteiger charge is 2.17. The van der Waals surface area contributed by atoms with Crippen molar-refractivity contribution >= 4 is 33.5 Å². The van der Waals surface area contributed by atoms with Crippen LogP contribution in [0, 0.1) is 11.3 Å². The number of fused-ring (bicyclic) bond motifs is 2. The van der Waals surface area contributed by atoms with Crippen LogP contribution in [-0.2, 0) is 4.74 Å². The van der Waals surface area contributed by atoms with Gasteiger partial charge in [-0.15, -0.1) is 0 Å². The highest BCUT2D eigenvalue weighted by molar-refractivity contribution is 6.04. The Hall–Kier alpha value is -4.05. The van der Waals surface area contributed by atoms with Crippen molar-refractivity contribution in [3.63, 3.8) is 0 Å². The van der Waals surface area contributed by atoms with E-state index < -0.39 is 12.6 Å². The number of aromatic nitrogens is 3. The molecule has 0 atom stereocenters. The number of carbonyl (C=O) groups excluding carboxylic acids is 1. The summed E-state index contributed by atoms with van der Waals surface area (Å²) in [5.41, 5.74) is 2.51. The molecule has 0 spiro atoms. The SMILES string of the molecule is N#C/C(=C(/O)COC(=O)c1c[nH]c2ccccc12)c1nc2ccccc2[nH]1. The van der Waals surface area contributed by atoms with Crippen LogP contribution in [0.4, 0.5) is 0 Å². The number of nitrogens with one attached hydrogen (secondary N) is 2. The first kappa shape index (κ1) is 16.4. The molecule has 132 valence electrons. The fourth-order valence-corrected chi connectivity index (χ4v) is 2.85. The van der Waals surface area contributed by atoms with E-state index in [0.29, 0.717) is 11.1 Å². The maximum absolute atomic E-state index is 12.3. The van der Waals surface area contributed by atoms with Gasteiger partial charge in [0.1, 0.15) is 18.2 Å². The second-order valence-electron chi connectivity index (χ2n) is 5.86. The third kappa shape index (κ3) is 3.00. The molecule has 3 N–H and O–H groups in total. The topological polar surface area (TPSA) is 115 Å². The molecule has 0 aliphatic heterocycles. The Labute approximate surface area is 153 Å². The number of ether oxygens (including phenoxy) is 1. The van der Waals surface area contributed by atoms with Crippen molar-refractivity contribution in [3.8, 4) is 6.07 Å². The zero-order chi connectivity index (χ0) is 18.8. The second kappa shape index (κ2) is 6.69. The van der Waals surface area contributed by atoms with Gasteiger partial charge in [-0.1, -0.05) is 30.3 Å². The van der Waals surface area contributed by atoms with Gasteiger partial charge in [0.25, 0.3) is 0 Å². The average molecular weight is 358 g/mol. The van der Waals surface area contributed by atoms with Crippen LogP contribution >= 0.6 is 0 Å². The number of esters is 1. The summed E-state index contributed by atoms with van der Waals surface area (Å²) in [6, 6.07) is 16.5. The first-order valence-corrected chi connectivity index (χ1v) is 8.18. The van der Waals surface area contributed by atoms with Gasteiger partial charge >= 0.3 is 5.97 Å². The number of para-hydroxylation sites is 3. The van der Waals surface area contributed by atoms with Crippen molar-refractivity contribution in [1.29, 1.82) is 5.26 Å². The number of imidazole rings is 1. The van der Waals surface area contributed by atoms with Gasteiger partial charge in [0.2, 0.25) is 0 Å². The van der Waals surface area contributed by atoms with E-state index in [1.165, 1.54) is 0 Å². The van der Waals surface area contributed by atoms with Crippen molar-refractivity contribution in [2.75, 3.05) is 6.61 Å². The van der Waals surface area contributed by atoms with Gasteiger partial charge in [-0.3, -0.25) is 0 Å².